The lowest BCUT2D eigenvalue weighted by Gasteiger charge is -2.11. The molecule has 0 saturated heterocycles. The van der Waals surface area contributed by atoms with E-state index in [4.69, 9.17) is 0 Å². The fourth-order valence-corrected chi connectivity index (χ4v) is 3.74. The van der Waals surface area contributed by atoms with Gasteiger partial charge in [-0.25, -0.2) is 0 Å². The van der Waals surface area contributed by atoms with Crippen LogP contribution in [0.4, 0.5) is 0 Å². The molecule has 96 valence electrons. The standard InChI is InChI=1S/C11H14N4O2S/c1-2-6-3-7(8(4-6)10(16)17)9-14-15-5-12-13-11(15)18-9/h5-8H,2-4H2,1H3,(H,16,17). The fourth-order valence-electron chi connectivity index (χ4n) is 2.75. The number of rotatable bonds is 3. The molecule has 0 bridgehead atoms. The lowest BCUT2D eigenvalue weighted by atomic mass is 9.97. The van der Waals surface area contributed by atoms with Crippen LogP contribution in [0.25, 0.3) is 4.96 Å². The van der Waals surface area contributed by atoms with Gasteiger partial charge in [-0.05, 0) is 18.8 Å². The number of nitrogens with zero attached hydrogens (tertiary/aromatic N) is 4. The molecule has 7 heteroatoms. The molecule has 1 aliphatic carbocycles. The van der Waals surface area contributed by atoms with Gasteiger partial charge in [0, 0.05) is 5.92 Å². The van der Waals surface area contributed by atoms with Crippen LogP contribution in [0.5, 0.6) is 0 Å². The molecule has 3 unspecified atom stereocenters. The molecule has 0 aromatic carbocycles. The van der Waals surface area contributed by atoms with E-state index in [-0.39, 0.29) is 11.8 Å². The number of carboxylic acids is 1. The van der Waals surface area contributed by atoms with Crippen molar-refractivity contribution >= 4 is 22.3 Å². The highest BCUT2D eigenvalue weighted by Gasteiger charge is 2.40. The summed E-state index contributed by atoms with van der Waals surface area (Å²) in [7, 11) is 0. The minimum absolute atomic E-state index is 0.0270. The maximum atomic E-state index is 11.3. The van der Waals surface area contributed by atoms with Crippen molar-refractivity contribution in [3.63, 3.8) is 0 Å². The van der Waals surface area contributed by atoms with Crippen LogP contribution in [0.15, 0.2) is 6.33 Å². The zero-order valence-corrected chi connectivity index (χ0v) is 10.8. The minimum Gasteiger partial charge on any atom is -0.481 e. The second kappa shape index (κ2) is 4.31. The van der Waals surface area contributed by atoms with Crippen LogP contribution in [0.2, 0.25) is 0 Å². The zero-order chi connectivity index (χ0) is 12.7. The monoisotopic (exact) mass is 266 g/mol. The Morgan fingerprint density at radius 3 is 3.11 bits per heavy atom. The molecule has 1 aliphatic rings. The first-order valence-electron chi connectivity index (χ1n) is 6.08. The number of hydrogen-bond acceptors (Lipinski definition) is 5. The average molecular weight is 266 g/mol. The van der Waals surface area contributed by atoms with Crippen molar-refractivity contribution in [2.24, 2.45) is 11.8 Å². The molecule has 2 heterocycles. The molecule has 0 aliphatic heterocycles. The number of aliphatic carboxylic acids is 1. The van der Waals surface area contributed by atoms with Gasteiger partial charge in [0.15, 0.2) is 0 Å². The van der Waals surface area contributed by atoms with Gasteiger partial charge in [0.1, 0.15) is 11.3 Å². The summed E-state index contributed by atoms with van der Waals surface area (Å²) in [5.74, 6) is -0.495. The number of aromatic nitrogens is 4. The topological polar surface area (TPSA) is 80.4 Å². The Balaban J connectivity index is 1.93. The first-order chi connectivity index (χ1) is 8.69. The van der Waals surface area contributed by atoms with Gasteiger partial charge in [-0.3, -0.25) is 4.79 Å². The maximum Gasteiger partial charge on any atom is 0.307 e. The van der Waals surface area contributed by atoms with Crippen LogP contribution in [-0.2, 0) is 4.79 Å². The Morgan fingerprint density at radius 1 is 1.61 bits per heavy atom. The molecule has 0 spiro atoms. The van der Waals surface area contributed by atoms with Crippen LogP contribution >= 0.6 is 11.3 Å². The molecule has 1 saturated carbocycles. The summed E-state index contributed by atoms with van der Waals surface area (Å²) in [6, 6.07) is 0. The first-order valence-corrected chi connectivity index (χ1v) is 6.90. The van der Waals surface area contributed by atoms with E-state index in [2.05, 4.69) is 22.2 Å². The Kier molecular flexibility index (Phi) is 2.77. The maximum absolute atomic E-state index is 11.3. The van der Waals surface area contributed by atoms with Gasteiger partial charge < -0.3 is 5.11 Å². The normalized spacial score (nSPS) is 27.9. The van der Waals surface area contributed by atoms with Crippen LogP contribution in [-0.4, -0.2) is 30.9 Å². The zero-order valence-electron chi connectivity index (χ0n) is 9.98. The molecule has 0 amide bonds. The average Bonchev–Trinajstić information content (AvgIpc) is 3.01. The van der Waals surface area contributed by atoms with Crippen molar-refractivity contribution in [1.82, 2.24) is 19.8 Å². The lowest BCUT2D eigenvalue weighted by Crippen LogP contribution is -2.16. The van der Waals surface area contributed by atoms with E-state index < -0.39 is 5.97 Å². The van der Waals surface area contributed by atoms with Crippen molar-refractivity contribution in [3.8, 4) is 0 Å². The third-order valence-electron chi connectivity index (χ3n) is 3.77. The Morgan fingerprint density at radius 2 is 2.44 bits per heavy atom. The first kappa shape index (κ1) is 11.6. The van der Waals surface area contributed by atoms with E-state index in [1.165, 1.54) is 11.3 Å². The van der Waals surface area contributed by atoms with Crippen LogP contribution in [0.1, 0.15) is 37.1 Å². The molecule has 6 nitrogen and oxygen atoms in total. The fraction of sp³-hybridized carbons (Fsp3) is 0.636. The Hall–Kier alpha value is -1.50. The lowest BCUT2D eigenvalue weighted by molar-refractivity contribution is -0.142. The third-order valence-corrected chi connectivity index (χ3v) is 4.82. The van der Waals surface area contributed by atoms with E-state index in [0.29, 0.717) is 5.92 Å². The molecule has 3 rings (SSSR count). The van der Waals surface area contributed by atoms with Gasteiger partial charge in [0.25, 0.3) is 0 Å². The summed E-state index contributed by atoms with van der Waals surface area (Å²) in [5.41, 5.74) is 0. The summed E-state index contributed by atoms with van der Waals surface area (Å²) in [6.45, 7) is 2.12. The van der Waals surface area contributed by atoms with Gasteiger partial charge in [-0.15, -0.1) is 10.2 Å². The number of fused-ring (bicyclic) bond motifs is 1. The highest BCUT2D eigenvalue weighted by Crippen LogP contribution is 2.45. The van der Waals surface area contributed by atoms with Gasteiger partial charge in [-0.2, -0.15) is 9.61 Å². The van der Waals surface area contributed by atoms with Crippen molar-refractivity contribution in [2.75, 3.05) is 0 Å². The molecule has 1 N–H and O–H groups in total. The highest BCUT2D eigenvalue weighted by molar-refractivity contribution is 7.16. The summed E-state index contributed by atoms with van der Waals surface area (Å²) in [5, 5.41) is 22.3. The number of hydrogen-bond donors (Lipinski definition) is 1. The van der Waals surface area contributed by atoms with Gasteiger partial charge in [-0.1, -0.05) is 24.7 Å². The second-order valence-electron chi connectivity index (χ2n) is 4.80. The van der Waals surface area contributed by atoms with Crippen molar-refractivity contribution in [3.05, 3.63) is 11.3 Å². The number of carboxylic acid groups (broad SMARTS) is 1. The Labute approximate surface area is 108 Å². The summed E-state index contributed by atoms with van der Waals surface area (Å²) in [4.78, 5) is 12.1. The molecular weight excluding hydrogens is 252 g/mol. The molecule has 2 aromatic heterocycles. The molecule has 1 fully saturated rings. The molecular formula is C11H14N4O2S. The number of carbonyl (C=O) groups is 1. The summed E-state index contributed by atoms with van der Waals surface area (Å²) in [6.07, 6.45) is 4.26. The molecule has 18 heavy (non-hydrogen) atoms. The predicted octanol–water partition coefficient (Wildman–Crippen LogP) is 1.79. The van der Waals surface area contributed by atoms with Crippen LogP contribution in [0.3, 0.4) is 0 Å². The molecule has 0 radical (unpaired) electrons. The van der Waals surface area contributed by atoms with Gasteiger partial charge >= 0.3 is 5.97 Å². The van der Waals surface area contributed by atoms with Gasteiger partial charge in [0.2, 0.25) is 4.96 Å². The van der Waals surface area contributed by atoms with E-state index in [0.717, 1.165) is 29.2 Å². The van der Waals surface area contributed by atoms with E-state index in [1.54, 1.807) is 10.8 Å². The molecule has 3 atom stereocenters. The summed E-state index contributed by atoms with van der Waals surface area (Å²) >= 11 is 1.45. The largest absolute Gasteiger partial charge is 0.481 e. The SMILES string of the molecule is CCC1CC(C(=O)O)C(c2nn3cnnc3s2)C1. The summed E-state index contributed by atoms with van der Waals surface area (Å²) < 4.78 is 1.62. The van der Waals surface area contributed by atoms with Crippen molar-refractivity contribution in [2.45, 2.75) is 32.1 Å². The van der Waals surface area contributed by atoms with Crippen molar-refractivity contribution < 1.29 is 9.90 Å². The highest BCUT2D eigenvalue weighted by atomic mass is 32.1. The van der Waals surface area contributed by atoms with Crippen LogP contribution < -0.4 is 0 Å². The minimum atomic E-state index is -0.707. The Bertz CT molecular complexity index is 550. The smallest absolute Gasteiger partial charge is 0.307 e. The van der Waals surface area contributed by atoms with Gasteiger partial charge in [0.05, 0.1) is 5.92 Å². The third kappa shape index (κ3) is 1.78. The van der Waals surface area contributed by atoms with E-state index >= 15 is 0 Å². The quantitative estimate of drug-likeness (QED) is 0.916. The van der Waals surface area contributed by atoms with E-state index in [1.807, 2.05) is 0 Å². The van der Waals surface area contributed by atoms with Crippen LogP contribution in [0, 0.1) is 11.8 Å². The second-order valence-corrected chi connectivity index (χ2v) is 5.78. The van der Waals surface area contributed by atoms with Crippen molar-refractivity contribution in [1.29, 1.82) is 0 Å². The molecule has 2 aromatic rings. The van der Waals surface area contributed by atoms with E-state index in [9.17, 15) is 9.90 Å². The predicted molar refractivity (Wildman–Crippen MR) is 65.5 cm³/mol.